The molecule has 2 aromatic carbocycles. The van der Waals surface area contributed by atoms with Gasteiger partial charge in [0.05, 0.1) is 20.0 Å². The van der Waals surface area contributed by atoms with Gasteiger partial charge in [-0.05, 0) is 49.2 Å². The zero-order valence-corrected chi connectivity index (χ0v) is 18.1. The van der Waals surface area contributed by atoms with Gasteiger partial charge in [-0.1, -0.05) is 17.8 Å². The second-order valence-electron chi connectivity index (χ2n) is 6.66. The molecule has 1 N–H and O–H groups in total. The van der Waals surface area contributed by atoms with Crippen molar-refractivity contribution in [1.29, 1.82) is 0 Å². The van der Waals surface area contributed by atoms with E-state index in [-0.39, 0.29) is 22.2 Å². The highest BCUT2D eigenvalue weighted by molar-refractivity contribution is 7.99. The number of amides is 1. The molecule has 1 amide bonds. The first-order chi connectivity index (χ1) is 14.4. The van der Waals surface area contributed by atoms with Crippen molar-refractivity contribution in [3.8, 4) is 17.2 Å². The van der Waals surface area contributed by atoms with Crippen LogP contribution < -0.4 is 20.3 Å². The molecule has 0 saturated heterocycles. The fourth-order valence-electron chi connectivity index (χ4n) is 3.03. The number of hydrogen-bond donors (Lipinski definition) is 1. The summed E-state index contributed by atoms with van der Waals surface area (Å²) in [5, 5.41) is 3.05. The highest BCUT2D eigenvalue weighted by Crippen LogP contribution is 2.29. The van der Waals surface area contributed by atoms with Gasteiger partial charge in [-0.3, -0.25) is 14.2 Å². The van der Waals surface area contributed by atoms with Crippen LogP contribution in [0.25, 0.3) is 5.69 Å². The van der Waals surface area contributed by atoms with Crippen molar-refractivity contribution in [3.05, 3.63) is 70.3 Å². The number of carbonyl (C=O) groups excluding carboxylic acids is 1. The normalized spacial score (nSPS) is 10.5. The van der Waals surface area contributed by atoms with Gasteiger partial charge in [0.2, 0.25) is 5.91 Å². The largest absolute Gasteiger partial charge is 0.493 e. The van der Waals surface area contributed by atoms with Crippen LogP contribution in [0.1, 0.15) is 11.1 Å². The lowest BCUT2D eigenvalue weighted by Gasteiger charge is -2.11. The summed E-state index contributed by atoms with van der Waals surface area (Å²) in [6.07, 6.45) is 3.19. The third kappa shape index (κ3) is 5.01. The Labute approximate surface area is 179 Å². The number of carbonyl (C=O) groups is 1. The van der Waals surface area contributed by atoms with Gasteiger partial charge in [-0.15, -0.1) is 0 Å². The van der Waals surface area contributed by atoms with Gasteiger partial charge >= 0.3 is 0 Å². The van der Waals surface area contributed by atoms with Crippen LogP contribution in [0.3, 0.4) is 0 Å². The summed E-state index contributed by atoms with van der Waals surface area (Å²) in [6.45, 7) is 3.97. The number of nitrogens with one attached hydrogen (secondary N) is 1. The third-order valence-corrected chi connectivity index (χ3v) is 5.26. The Morgan fingerprint density at radius 3 is 2.43 bits per heavy atom. The Bertz CT molecular complexity index is 1110. The summed E-state index contributed by atoms with van der Waals surface area (Å²) in [5.41, 5.74) is 3.23. The molecule has 156 valence electrons. The average Bonchev–Trinajstić information content (AvgIpc) is 2.72. The Morgan fingerprint density at radius 2 is 1.77 bits per heavy atom. The topological polar surface area (TPSA) is 82.5 Å². The number of benzene rings is 2. The standard InChI is InChI=1S/C22H23N3O4S/c1-14-9-15(2)11-17(10-14)25-8-7-23-21(22(25)27)30-13-20(26)24-16-5-6-18(28-3)19(12-16)29-4/h5-12H,13H2,1-4H3,(H,24,26). The van der Waals surface area contributed by atoms with E-state index in [9.17, 15) is 9.59 Å². The average molecular weight is 426 g/mol. The predicted molar refractivity (Wildman–Crippen MR) is 118 cm³/mol. The number of aryl methyl sites for hydroxylation is 2. The molecule has 0 aliphatic heterocycles. The number of ether oxygens (including phenoxy) is 2. The van der Waals surface area contributed by atoms with Gasteiger partial charge in [0, 0.05) is 29.8 Å². The van der Waals surface area contributed by atoms with Gasteiger partial charge in [-0.25, -0.2) is 4.98 Å². The summed E-state index contributed by atoms with van der Waals surface area (Å²) >= 11 is 1.10. The predicted octanol–water partition coefficient (Wildman–Crippen LogP) is 3.60. The lowest BCUT2D eigenvalue weighted by molar-refractivity contribution is -0.113. The zero-order chi connectivity index (χ0) is 21.7. The molecule has 0 bridgehead atoms. The third-order valence-electron chi connectivity index (χ3n) is 4.30. The quantitative estimate of drug-likeness (QED) is 0.583. The van der Waals surface area contributed by atoms with E-state index in [1.807, 2.05) is 32.0 Å². The first-order valence-corrected chi connectivity index (χ1v) is 10.2. The van der Waals surface area contributed by atoms with Crippen LogP contribution in [0.5, 0.6) is 11.5 Å². The maximum atomic E-state index is 12.8. The fraction of sp³-hybridized carbons (Fsp3) is 0.227. The molecule has 0 saturated carbocycles. The minimum absolute atomic E-state index is 0.0491. The van der Waals surface area contributed by atoms with Crippen LogP contribution in [0, 0.1) is 13.8 Å². The molecule has 1 heterocycles. The molecule has 3 rings (SSSR count). The molecule has 0 aliphatic carbocycles. The fourth-order valence-corrected chi connectivity index (χ4v) is 3.73. The molecule has 0 unspecified atom stereocenters. The van der Waals surface area contributed by atoms with Crippen LogP contribution in [-0.4, -0.2) is 35.4 Å². The maximum absolute atomic E-state index is 12.8. The molecular formula is C22H23N3O4S. The van der Waals surface area contributed by atoms with E-state index in [0.717, 1.165) is 28.6 Å². The summed E-state index contributed by atoms with van der Waals surface area (Å²) < 4.78 is 12.0. The monoisotopic (exact) mass is 425 g/mol. The minimum Gasteiger partial charge on any atom is -0.493 e. The number of hydrogen-bond acceptors (Lipinski definition) is 6. The molecule has 0 fully saturated rings. The van der Waals surface area contributed by atoms with Gasteiger partial charge < -0.3 is 14.8 Å². The molecule has 1 aromatic heterocycles. The van der Waals surface area contributed by atoms with E-state index in [1.165, 1.54) is 7.11 Å². The summed E-state index contributed by atoms with van der Waals surface area (Å²) in [4.78, 5) is 29.3. The lowest BCUT2D eigenvalue weighted by Crippen LogP contribution is -2.22. The smallest absolute Gasteiger partial charge is 0.287 e. The number of anilines is 1. The van der Waals surface area contributed by atoms with Crippen LogP contribution in [-0.2, 0) is 4.79 Å². The van der Waals surface area contributed by atoms with E-state index >= 15 is 0 Å². The van der Waals surface area contributed by atoms with E-state index in [2.05, 4.69) is 10.3 Å². The van der Waals surface area contributed by atoms with Crippen LogP contribution in [0.4, 0.5) is 5.69 Å². The summed E-state index contributed by atoms with van der Waals surface area (Å²) in [6, 6.07) is 11.0. The van der Waals surface area contributed by atoms with Crippen molar-refractivity contribution in [2.45, 2.75) is 18.9 Å². The Hall–Kier alpha value is -3.26. The summed E-state index contributed by atoms with van der Waals surface area (Å²) in [7, 11) is 3.07. The molecule has 30 heavy (non-hydrogen) atoms. The molecule has 0 spiro atoms. The van der Waals surface area contributed by atoms with E-state index in [1.54, 1.807) is 42.3 Å². The number of aromatic nitrogens is 2. The van der Waals surface area contributed by atoms with Gasteiger partial charge in [-0.2, -0.15) is 0 Å². The van der Waals surface area contributed by atoms with E-state index < -0.39 is 0 Å². The number of methoxy groups -OCH3 is 2. The Morgan fingerprint density at radius 1 is 1.07 bits per heavy atom. The van der Waals surface area contributed by atoms with Crippen molar-refractivity contribution < 1.29 is 14.3 Å². The van der Waals surface area contributed by atoms with Gasteiger partial charge in [0.25, 0.3) is 5.56 Å². The Kier molecular flexibility index (Phi) is 6.79. The second kappa shape index (κ2) is 9.49. The Balaban J connectivity index is 1.72. The molecule has 3 aromatic rings. The lowest BCUT2D eigenvalue weighted by atomic mass is 10.1. The second-order valence-corrected chi connectivity index (χ2v) is 7.62. The molecule has 7 nitrogen and oxygen atoms in total. The van der Waals surface area contributed by atoms with Crippen molar-refractivity contribution in [2.75, 3.05) is 25.3 Å². The van der Waals surface area contributed by atoms with Crippen molar-refractivity contribution in [2.24, 2.45) is 0 Å². The molecule has 8 heteroatoms. The molecule has 0 atom stereocenters. The van der Waals surface area contributed by atoms with Gasteiger partial charge in [0.1, 0.15) is 0 Å². The van der Waals surface area contributed by atoms with Gasteiger partial charge in [0.15, 0.2) is 16.5 Å². The van der Waals surface area contributed by atoms with Crippen molar-refractivity contribution in [3.63, 3.8) is 0 Å². The van der Waals surface area contributed by atoms with Crippen molar-refractivity contribution in [1.82, 2.24) is 9.55 Å². The highest BCUT2D eigenvalue weighted by Gasteiger charge is 2.12. The van der Waals surface area contributed by atoms with E-state index in [4.69, 9.17) is 9.47 Å². The zero-order valence-electron chi connectivity index (χ0n) is 17.3. The SMILES string of the molecule is COc1ccc(NC(=O)CSc2nccn(-c3cc(C)cc(C)c3)c2=O)cc1OC. The first-order valence-electron chi connectivity index (χ1n) is 9.22. The van der Waals surface area contributed by atoms with Crippen LogP contribution in [0.2, 0.25) is 0 Å². The number of thioether (sulfide) groups is 1. The molecule has 0 radical (unpaired) electrons. The van der Waals surface area contributed by atoms with Crippen LogP contribution in [0.15, 0.2) is 58.6 Å². The first kappa shape index (κ1) is 21.4. The summed E-state index contributed by atoms with van der Waals surface area (Å²) in [5.74, 6) is 0.887. The molecule has 0 aliphatic rings. The number of nitrogens with zero attached hydrogens (tertiary/aromatic N) is 2. The van der Waals surface area contributed by atoms with Crippen molar-refractivity contribution >= 4 is 23.4 Å². The van der Waals surface area contributed by atoms with E-state index in [0.29, 0.717) is 17.2 Å². The molecular weight excluding hydrogens is 402 g/mol. The maximum Gasteiger partial charge on any atom is 0.287 e. The minimum atomic E-state index is -0.258. The van der Waals surface area contributed by atoms with Crippen LogP contribution >= 0.6 is 11.8 Å². The number of rotatable bonds is 7. The highest BCUT2D eigenvalue weighted by atomic mass is 32.2.